The van der Waals surface area contributed by atoms with E-state index in [0.717, 1.165) is 12.5 Å². The molecule has 1 fully saturated rings. The van der Waals surface area contributed by atoms with Crippen LogP contribution in [-0.2, 0) is 6.42 Å². The van der Waals surface area contributed by atoms with Crippen molar-refractivity contribution in [3.8, 4) is 0 Å². The van der Waals surface area contributed by atoms with Crippen LogP contribution in [0, 0.1) is 5.92 Å². The molecule has 3 heteroatoms. The molecule has 1 aliphatic heterocycles. The van der Waals surface area contributed by atoms with Gasteiger partial charge in [-0.15, -0.1) is 0 Å². The minimum absolute atomic E-state index is 0.939. The van der Waals surface area contributed by atoms with Crippen LogP contribution >= 0.6 is 23.1 Å². The molecule has 2 heterocycles. The summed E-state index contributed by atoms with van der Waals surface area (Å²) in [7, 11) is 0. The summed E-state index contributed by atoms with van der Waals surface area (Å²) < 4.78 is 0. The van der Waals surface area contributed by atoms with Crippen LogP contribution in [0.5, 0.6) is 0 Å². The summed E-state index contributed by atoms with van der Waals surface area (Å²) in [6.07, 6.45) is 4.01. The van der Waals surface area contributed by atoms with Crippen molar-refractivity contribution < 1.29 is 0 Å². The minimum atomic E-state index is 0.939. The predicted octanol–water partition coefficient (Wildman–Crippen LogP) is 3.02. The highest BCUT2D eigenvalue weighted by Gasteiger charge is 2.12. The molecule has 0 radical (unpaired) electrons. The van der Waals surface area contributed by atoms with E-state index in [2.05, 4.69) is 33.9 Å². The van der Waals surface area contributed by atoms with Gasteiger partial charge in [0.2, 0.25) is 0 Å². The first-order chi connectivity index (χ1) is 7.45. The third-order valence-electron chi connectivity index (χ3n) is 2.94. The summed E-state index contributed by atoms with van der Waals surface area (Å²) >= 11 is 3.90. The maximum atomic E-state index is 3.59. The van der Waals surface area contributed by atoms with Crippen molar-refractivity contribution >= 4 is 23.1 Å². The first-order valence-electron chi connectivity index (χ1n) is 5.74. The number of thioether (sulfide) groups is 1. The zero-order valence-corrected chi connectivity index (χ0v) is 10.7. The average molecular weight is 241 g/mol. The normalized spacial score (nSPS) is 18.1. The van der Waals surface area contributed by atoms with E-state index < -0.39 is 0 Å². The van der Waals surface area contributed by atoms with Crippen LogP contribution in [-0.4, -0.2) is 24.6 Å². The molecule has 1 aliphatic rings. The molecule has 0 bridgehead atoms. The van der Waals surface area contributed by atoms with Crippen LogP contribution in [0.25, 0.3) is 0 Å². The molecule has 15 heavy (non-hydrogen) atoms. The van der Waals surface area contributed by atoms with Crippen molar-refractivity contribution in [3.63, 3.8) is 0 Å². The first kappa shape index (κ1) is 11.5. The van der Waals surface area contributed by atoms with E-state index in [-0.39, 0.29) is 0 Å². The molecule has 1 aromatic heterocycles. The SMILES string of the molecule is c1cc(CCNCC2CCSCC2)cs1. The van der Waals surface area contributed by atoms with Gasteiger partial charge in [-0.05, 0) is 72.2 Å². The summed E-state index contributed by atoms with van der Waals surface area (Å²) in [5.41, 5.74) is 1.48. The smallest absolute Gasteiger partial charge is 0.000794 e. The van der Waals surface area contributed by atoms with Crippen LogP contribution < -0.4 is 5.32 Å². The number of hydrogen-bond acceptors (Lipinski definition) is 3. The Labute approximate surface area is 101 Å². The standard InChI is InChI=1S/C12H19NS2/c1(12-4-8-15-10-12)5-13-9-11-2-6-14-7-3-11/h4,8,10-11,13H,1-3,5-7,9H2. The molecule has 1 N–H and O–H groups in total. The summed E-state index contributed by atoms with van der Waals surface area (Å²) in [4.78, 5) is 0. The summed E-state index contributed by atoms with van der Waals surface area (Å²) in [5.74, 6) is 3.68. The lowest BCUT2D eigenvalue weighted by molar-refractivity contribution is 0.450. The van der Waals surface area contributed by atoms with E-state index in [9.17, 15) is 0 Å². The monoisotopic (exact) mass is 241 g/mol. The highest BCUT2D eigenvalue weighted by molar-refractivity contribution is 7.99. The lowest BCUT2D eigenvalue weighted by Gasteiger charge is -2.21. The largest absolute Gasteiger partial charge is 0.316 e. The second-order valence-corrected chi connectivity index (χ2v) is 6.15. The second-order valence-electron chi connectivity index (χ2n) is 4.14. The van der Waals surface area contributed by atoms with E-state index in [1.54, 1.807) is 11.3 Å². The molecule has 0 saturated carbocycles. The number of nitrogens with one attached hydrogen (secondary N) is 1. The fourth-order valence-corrected chi connectivity index (χ4v) is 3.83. The zero-order chi connectivity index (χ0) is 10.3. The number of hydrogen-bond donors (Lipinski definition) is 1. The highest BCUT2D eigenvalue weighted by Crippen LogP contribution is 2.21. The molecule has 2 rings (SSSR count). The Kier molecular flexibility index (Phi) is 5.03. The topological polar surface area (TPSA) is 12.0 Å². The molecule has 84 valence electrons. The molecule has 1 saturated heterocycles. The van der Waals surface area contributed by atoms with Gasteiger partial charge in [0.15, 0.2) is 0 Å². The van der Waals surface area contributed by atoms with Gasteiger partial charge in [-0.25, -0.2) is 0 Å². The van der Waals surface area contributed by atoms with Crippen molar-refractivity contribution in [3.05, 3.63) is 22.4 Å². The van der Waals surface area contributed by atoms with Crippen LogP contribution in [0.4, 0.5) is 0 Å². The van der Waals surface area contributed by atoms with Gasteiger partial charge in [0, 0.05) is 0 Å². The maximum Gasteiger partial charge on any atom is -0.000794 e. The third-order valence-corrected chi connectivity index (χ3v) is 4.73. The number of rotatable bonds is 5. The molecule has 1 aromatic rings. The quantitative estimate of drug-likeness (QED) is 0.795. The van der Waals surface area contributed by atoms with Gasteiger partial charge in [0.1, 0.15) is 0 Å². The molecule has 1 nitrogen and oxygen atoms in total. The molecular weight excluding hydrogens is 222 g/mol. The molecular formula is C12H19NS2. The van der Waals surface area contributed by atoms with Gasteiger partial charge >= 0.3 is 0 Å². The lowest BCUT2D eigenvalue weighted by atomic mass is 10.0. The molecule has 0 atom stereocenters. The van der Waals surface area contributed by atoms with E-state index >= 15 is 0 Å². The van der Waals surface area contributed by atoms with E-state index in [4.69, 9.17) is 0 Å². The van der Waals surface area contributed by atoms with Crippen LogP contribution in [0.3, 0.4) is 0 Å². The van der Waals surface area contributed by atoms with Gasteiger partial charge in [0.25, 0.3) is 0 Å². The third kappa shape index (κ3) is 4.17. The number of thiophene rings is 1. The van der Waals surface area contributed by atoms with Gasteiger partial charge < -0.3 is 5.32 Å². The van der Waals surface area contributed by atoms with Gasteiger partial charge in [-0.1, -0.05) is 0 Å². The van der Waals surface area contributed by atoms with Gasteiger partial charge in [-0.3, -0.25) is 0 Å². The van der Waals surface area contributed by atoms with Crippen LogP contribution in [0.15, 0.2) is 16.8 Å². The van der Waals surface area contributed by atoms with Crippen molar-refractivity contribution in [1.29, 1.82) is 0 Å². The summed E-state index contributed by atoms with van der Waals surface area (Å²) in [6.45, 7) is 2.37. The van der Waals surface area contributed by atoms with E-state index in [1.807, 2.05) is 0 Å². The molecule has 0 aromatic carbocycles. The maximum absolute atomic E-state index is 3.59. The van der Waals surface area contributed by atoms with Crippen molar-refractivity contribution in [2.24, 2.45) is 5.92 Å². The van der Waals surface area contributed by atoms with Crippen molar-refractivity contribution in [2.75, 3.05) is 24.6 Å². The Morgan fingerprint density at radius 1 is 1.33 bits per heavy atom. The van der Waals surface area contributed by atoms with Crippen molar-refractivity contribution in [1.82, 2.24) is 5.32 Å². The highest BCUT2D eigenvalue weighted by atomic mass is 32.2. The fourth-order valence-electron chi connectivity index (χ4n) is 1.92. The Balaban J connectivity index is 1.54. The van der Waals surface area contributed by atoms with Crippen LogP contribution in [0.1, 0.15) is 18.4 Å². The molecule has 0 unspecified atom stereocenters. The van der Waals surface area contributed by atoms with E-state index in [1.165, 1.54) is 42.9 Å². The molecule has 0 aliphatic carbocycles. The lowest BCUT2D eigenvalue weighted by Crippen LogP contribution is -2.27. The van der Waals surface area contributed by atoms with E-state index in [0.29, 0.717) is 0 Å². The second kappa shape index (κ2) is 6.56. The fraction of sp³-hybridized carbons (Fsp3) is 0.667. The Morgan fingerprint density at radius 3 is 2.93 bits per heavy atom. The van der Waals surface area contributed by atoms with Crippen molar-refractivity contribution in [2.45, 2.75) is 19.3 Å². The molecule has 0 spiro atoms. The molecule has 0 amide bonds. The van der Waals surface area contributed by atoms with Gasteiger partial charge in [0.05, 0.1) is 0 Å². The Hall–Kier alpha value is 0.01000. The van der Waals surface area contributed by atoms with Crippen LogP contribution in [0.2, 0.25) is 0 Å². The average Bonchev–Trinajstić information content (AvgIpc) is 2.79. The summed E-state index contributed by atoms with van der Waals surface area (Å²) in [6, 6.07) is 2.23. The summed E-state index contributed by atoms with van der Waals surface area (Å²) in [5, 5.41) is 8.00. The first-order valence-corrected chi connectivity index (χ1v) is 7.84. The Bertz CT molecular complexity index is 253. The predicted molar refractivity (Wildman–Crippen MR) is 70.9 cm³/mol. The Morgan fingerprint density at radius 2 is 2.20 bits per heavy atom. The minimum Gasteiger partial charge on any atom is -0.316 e. The zero-order valence-electron chi connectivity index (χ0n) is 9.08. The van der Waals surface area contributed by atoms with Gasteiger partial charge in [-0.2, -0.15) is 23.1 Å².